The number of hydrogen-bond donors (Lipinski definition) is 1. The number of carbonyl (C=O) groups excluding carboxylic acids is 3. The van der Waals surface area contributed by atoms with Gasteiger partial charge in [0.1, 0.15) is 6.61 Å². The van der Waals surface area contributed by atoms with Gasteiger partial charge in [-0.3, -0.25) is 14.4 Å². The van der Waals surface area contributed by atoms with E-state index in [1.54, 1.807) is 0 Å². The maximum absolute atomic E-state index is 13.1. The lowest BCUT2D eigenvalue weighted by molar-refractivity contribution is -0.152. The van der Waals surface area contributed by atoms with Crippen molar-refractivity contribution in [3.63, 3.8) is 0 Å². The molecule has 5 heteroatoms. The summed E-state index contributed by atoms with van der Waals surface area (Å²) in [6, 6.07) is 0. The van der Waals surface area contributed by atoms with E-state index >= 15 is 0 Å². The van der Waals surface area contributed by atoms with Crippen LogP contribution in [-0.2, 0) is 19.1 Å². The van der Waals surface area contributed by atoms with Crippen molar-refractivity contribution in [2.24, 2.45) is 40.4 Å². The van der Waals surface area contributed by atoms with Gasteiger partial charge in [0.05, 0.1) is 12.5 Å². The fourth-order valence-corrected chi connectivity index (χ4v) is 8.16. The summed E-state index contributed by atoms with van der Waals surface area (Å²) in [5, 5.41) is 9.64. The predicted octanol–water partition coefficient (Wildman–Crippen LogP) is 4.65. The van der Waals surface area contributed by atoms with Gasteiger partial charge in [-0.15, -0.1) is 0 Å². The van der Waals surface area contributed by atoms with Crippen molar-refractivity contribution in [1.29, 1.82) is 0 Å². The minimum atomic E-state index is -0.704. The minimum Gasteiger partial charge on any atom is -0.458 e. The van der Waals surface area contributed by atoms with Gasteiger partial charge in [0, 0.05) is 12.3 Å². The van der Waals surface area contributed by atoms with Crippen LogP contribution in [0.15, 0.2) is 11.6 Å². The summed E-state index contributed by atoms with van der Waals surface area (Å²) in [6.07, 6.45) is 8.54. The summed E-state index contributed by atoms with van der Waals surface area (Å²) in [4.78, 5) is 37.2. The molecule has 32 heavy (non-hydrogen) atoms. The molecule has 0 bridgehead atoms. The lowest BCUT2D eigenvalue weighted by Gasteiger charge is -2.59. The van der Waals surface area contributed by atoms with E-state index in [1.807, 2.05) is 13.0 Å². The summed E-state index contributed by atoms with van der Waals surface area (Å²) < 4.78 is 5.25. The molecule has 0 saturated heterocycles. The Hall–Kier alpha value is -1.49. The number of Topliss-reactive ketones (excluding diaryl/α,β-unsaturated/α-hetero) is 1. The Morgan fingerprint density at radius 1 is 1.19 bits per heavy atom. The van der Waals surface area contributed by atoms with E-state index < -0.39 is 12.1 Å². The van der Waals surface area contributed by atoms with E-state index in [9.17, 15) is 19.5 Å². The summed E-state index contributed by atoms with van der Waals surface area (Å²) in [7, 11) is 0. The molecule has 0 aliphatic heterocycles. The second-order valence-electron chi connectivity index (χ2n) is 11.6. The Bertz CT molecular complexity index is 815. The minimum absolute atomic E-state index is 0.0324. The highest BCUT2D eigenvalue weighted by atomic mass is 16.5. The molecule has 0 spiro atoms. The summed E-state index contributed by atoms with van der Waals surface area (Å²) in [5.41, 5.74) is 1.47. The van der Waals surface area contributed by atoms with Gasteiger partial charge in [-0.2, -0.15) is 0 Å². The highest BCUT2D eigenvalue weighted by molar-refractivity contribution is 5.91. The number of ether oxygens (including phenoxy) is 1. The molecule has 3 saturated carbocycles. The predicted molar refractivity (Wildman–Crippen MR) is 122 cm³/mol. The maximum atomic E-state index is 13.1. The number of hydrogen-bond acceptors (Lipinski definition) is 5. The molecule has 0 amide bonds. The number of ketones is 2. The molecule has 5 nitrogen and oxygen atoms in total. The largest absolute Gasteiger partial charge is 0.458 e. The van der Waals surface area contributed by atoms with Gasteiger partial charge in [-0.1, -0.05) is 33.3 Å². The van der Waals surface area contributed by atoms with Gasteiger partial charge in [0.25, 0.3) is 0 Å². The molecule has 0 aromatic heterocycles. The Balaban J connectivity index is 1.47. The maximum Gasteiger partial charge on any atom is 0.308 e. The van der Waals surface area contributed by atoms with Crippen molar-refractivity contribution < 1.29 is 24.2 Å². The monoisotopic (exact) mass is 444 g/mol. The zero-order valence-electron chi connectivity index (χ0n) is 20.2. The zero-order chi connectivity index (χ0) is 23.3. The van der Waals surface area contributed by atoms with Gasteiger partial charge in [0.2, 0.25) is 0 Å². The smallest absolute Gasteiger partial charge is 0.308 e. The molecule has 4 aliphatic rings. The molecular formula is C27H40O5. The van der Waals surface area contributed by atoms with Crippen molar-refractivity contribution in [3.8, 4) is 0 Å². The molecule has 0 heterocycles. The molecule has 0 aromatic carbocycles. The third kappa shape index (κ3) is 3.89. The Labute approximate surface area is 192 Å². The second kappa shape index (κ2) is 8.70. The molecule has 0 aromatic rings. The van der Waals surface area contributed by atoms with Crippen LogP contribution in [0, 0.1) is 40.4 Å². The Morgan fingerprint density at radius 3 is 2.66 bits per heavy atom. The standard InChI is InChI=1S/C27H40O5/c1-5-17(28)14-25(31)32-15-24(30)22-7-6-20-19-12-16(2)23-13-18(29)8-10-27(23,4)21(19)9-11-26(20,22)3/h13,16-17,19-22,28H,5-12,14-15H2,1-4H3/t16-,17?,19-,20-,21-,22+,26-,27+/m0/s1. The third-order valence-electron chi connectivity index (χ3n) is 9.92. The van der Waals surface area contributed by atoms with Crippen LogP contribution in [0.5, 0.6) is 0 Å². The van der Waals surface area contributed by atoms with Crippen LogP contribution in [0.2, 0.25) is 0 Å². The van der Waals surface area contributed by atoms with Crippen LogP contribution in [0.3, 0.4) is 0 Å². The van der Waals surface area contributed by atoms with Crippen LogP contribution in [0.1, 0.15) is 85.5 Å². The van der Waals surface area contributed by atoms with Gasteiger partial charge in [0.15, 0.2) is 11.6 Å². The van der Waals surface area contributed by atoms with Crippen LogP contribution in [0.4, 0.5) is 0 Å². The first-order valence-corrected chi connectivity index (χ1v) is 12.7. The molecule has 1 unspecified atom stereocenters. The summed E-state index contributed by atoms with van der Waals surface area (Å²) >= 11 is 0. The van der Waals surface area contributed by atoms with Gasteiger partial charge < -0.3 is 9.84 Å². The van der Waals surface area contributed by atoms with Crippen LogP contribution < -0.4 is 0 Å². The zero-order valence-corrected chi connectivity index (χ0v) is 20.2. The number of rotatable bonds is 6. The third-order valence-corrected chi connectivity index (χ3v) is 9.92. The topological polar surface area (TPSA) is 80.7 Å². The number of aliphatic hydroxyl groups excluding tert-OH is 1. The van der Waals surface area contributed by atoms with E-state index in [4.69, 9.17) is 4.74 Å². The Morgan fingerprint density at radius 2 is 1.94 bits per heavy atom. The van der Waals surface area contributed by atoms with Gasteiger partial charge in [-0.05, 0) is 85.5 Å². The number of carbonyl (C=O) groups is 3. The van der Waals surface area contributed by atoms with Gasteiger partial charge >= 0.3 is 5.97 Å². The van der Waals surface area contributed by atoms with E-state index in [0.29, 0.717) is 36.5 Å². The fraction of sp³-hybridized carbons (Fsp3) is 0.815. The first-order chi connectivity index (χ1) is 15.1. The second-order valence-corrected chi connectivity index (χ2v) is 11.6. The molecule has 8 atom stereocenters. The van der Waals surface area contributed by atoms with E-state index in [2.05, 4.69) is 20.8 Å². The first kappa shape index (κ1) is 23.7. The average Bonchev–Trinajstić information content (AvgIpc) is 3.11. The van der Waals surface area contributed by atoms with Crippen molar-refractivity contribution in [3.05, 3.63) is 11.6 Å². The van der Waals surface area contributed by atoms with Gasteiger partial charge in [-0.25, -0.2) is 0 Å². The molecule has 4 aliphatic carbocycles. The van der Waals surface area contributed by atoms with Crippen LogP contribution in [-0.4, -0.2) is 35.4 Å². The van der Waals surface area contributed by atoms with Crippen LogP contribution >= 0.6 is 0 Å². The Kier molecular flexibility index (Phi) is 6.43. The normalized spacial score (nSPS) is 41.7. The number of allylic oxidation sites excluding steroid dienone is 1. The van der Waals surface area contributed by atoms with Crippen molar-refractivity contribution >= 4 is 17.5 Å². The summed E-state index contributed by atoms with van der Waals surface area (Å²) in [5.74, 6) is 1.93. The number of esters is 1. The average molecular weight is 445 g/mol. The molecule has 1 N–H and O–H groups in total. The van der Waals surface area contributed by atoms with E-state index in [1.165, 1.54) is 5.57 Å². The quantitative estimate of drug-likeness (QED) is 0.603. The molecule has 4 rings (SSSR count). The lowest BCUT2D eigenvalue weighted by Crippen LogP contribution is -2.53. The molecular weight excluding hydrogens is 404 g/mol. The van der Waals surface area contributed by atoms with Crippen molar-refractivity contribution in [2.45, 2.75) is 91.6 Å². The molecule has 178 valence electrons. The SMILES string of the molecule is CCC(O)CC(=O)OCC(=O)[C@H]1CC[C@H]2[C@@H]3C[C@H](C)C4=CC(=O)CC[C@]4(C)[C@H]3CC[C@]12C. The highest BCUT2D eigenvalue weighted by Crippen LogP contribution is 2.67. The lowest BCUT2D eigenvalue weighted by atomic mass is 9.45. The highest BCUT2D eigenvalue weighted by Gasteiger charge is 2.61. The van der Waals surface area contributed by atoms with Crippen molar-refractivity contribution in [2.75, 3.05) is 6.61 Å². The van der Waals surface area contributed by atoms with E-state index in [0.717, 1.165) is 38.5 Å². The van der Waals surface area contributed by atoms with Crippen LogP contribution in [0.25, 0.3) is 0 Å². The molecule has 0 radical (unpaired) electrons. The fourth-order valence-electron chi connectivity index (χ4n) is 8.16. The van der Waals surface area contributed by atoms with Crippen molar-refractivity contribution in [1.82, 2.24) is 0 Å². The first-order valence-electron chi connectivity index (χ1n) is 12.7. The van der Waals surface area contributed by atoms with E-state index in [-0.39, 0.29) is 41.3 Å². The number of fused-ring (bicyclic) bond motifs is 5. The number of aliphatic hydroxyl groups is 1. The molecule has 3 fully saturated rings. The summed E-state index contributed by atoms with van der Waals surface area (Å²) in [6.45, 7) is 8.62.